The number of carbonyl (C=O) groups is 1. The first-order valence-electron chi connectivity index (χ1n) is 16.9. The molecular weight excluding hydrogens is 526 g/mol. The SMILES string of the molecule is CC(=O)Oc1c(C)c(C)c2c(c1C1=NO[C@H]3OCCC[C@@H]13)CCC(C)(CCCC(C)CCCC(C)CCCC(C)C)O2. The molecule has 0 bridgehead atoms. The van der Waals surface area contributed by atoms with Crippen molar-refractivity contribution in [2.45, 2.75) is 151 Å². The maximum atomic E-state index is 12.2. The van der Waals surface area contributed by atoms with Crippen LogP contribution in [-0.4, -0.2) is 30.2 Å². The molecule has 3 aliphatic rings. The van der Waals surface area contributed by atoms with E-state index in [1.807, 2.05) is 6.92 Å². The first-order chi connectivity index (χ1) is 20.0. The van der Waals surface area contributed by atoms with Crippen molar-refractivity contribution in [1.82, 2.24) is 0 Å². The number of nitrogens with zero attached hydrogens (tertiary/aromatic N) is 1. The van der Waals surface area contributed by atoms with E-state index >= 15 is 0 Å². The summed E-state index contributed by atoms with van der Waals surface area (Å²) in [5, 5.41) is 4.50. The van der Waals surface area contributed by atoms with Crippen LogP contribution in [0.5, 0.6) is 11.5 Å². The minimum absolute atomic E-state index is 0.0390. The second-order valence-electron chi connectivity index (χ2n) is 14.3. The number of benzene rings is 1. The zero-order valence-corrected chi connectivity index (χ0v) is 27.8. The van der Waals surface area contributed by atoms with Crippen LogP contribution in [0.2, 0.25) is 0 Å². The Morgan fingerprint density at radius 3 is 2.33 bits per heavy atom. The molecule has 6 nitrogen and oxygen atoms in total. The first-order valence-corrected chi connectivity index (χ1v) is 16.9. The Balaban J connectivity index is 1.39. The van der Waals surface area contributed by atoms with Crippen LogP contribution >= 0.6 is 0 Å². The van der Waals surface area contributed by atoms with Crippen LogP contribution in [-0.2, 0) is 20.8 Å². The number of hydrogen-bond acceptors (Lipinski definition) is 6. The molecule has 0 aromatic heterocycles. The lowest BCUT2D eigenvalue weighted by atomic mass is 9.80. The number of esters is 1. The average molecular weight is 584 g/mol. The van der Waals surface area contributed by atoms with Gasteiger partial charge in [0.05, 0.1) is 12.5 Å². The summed E-state index contributed by atoms with van der Waals surface area (Å²) >= 11 is 0. The second-order valence-corrected chi connectivity index (χ2v) is 14.3. The number of hydrogen-bond donors (Lipinski definition) is 0. The largest absolute Gasteiger partial charge is 0.487 e. The summed E-state index contributed by atoms with van der Waals surface area (Å²) in [7, 11) is 0. The van der Waals surface area contributed by atoms with Crippen LogP contribution < -0.4 is 9.47 Å². The monoisotopic (exact) mass is 583 g/mol. The average Bonchev–Trinajstić information content (AvgIpc) is 3.35. The number of ether oxygens (including phenoxy) is 3. The minimum atomic E-state index is -0.360. The third-order valence-corrected chi connectivity index (χ3v) is 9.95. The Labute approximate surface area is 255 Å². The molecule has 5 atom stereocenters. The predicted octanol–water partition coefficient (Wildman–Crippen LogP) is 9.24. The van der Waals surface area contributed by atoms with E-state index < -0.39 is 0 Å². The van der Waals surface area contributed by atoms with Crippen LogP contribution in [0.3, 0.4) is 0 Å². The Kier molecular flexibility index (Phi) is 11.4. The van der Waals surface area contributed by atoms with Gasteiger partial charge < -0.3 is 19.0 Å². The van der Waals surface area contributed by atoms with Gasteiger partial charge in [-0.1, -0.05) is 77.8 Å². The molecule has 236 valence electrons. The molecule has 3 aliphatic heterocycles. The number of rotatable bonds is 14. The summed E-state index contributed by atoms with van der Waals surface area (Å²) in [6, 6.07) is 0. The fourth-order valence-corrected chi connectivity index (χ4v) is 7.12. The van der Waals surface area contributed by atoms with Crippen molar-refractivity contribution in [2.24, 2.45) is 28.8 Å². The van der Waals surface area contributed by atoms with Crippen molar-refractivity contribution >= 4 is 11.7 Å². The maximum Gasteiger partial charge on any atom is 0.308 e. The van der Waals surface area contributed by atoms with E-state index in [4.69, 9.17) is 19.0 Å². The summed E-state index contributed by atoms with van der Waals surface area (Å²) < 4.78 is 18.6. The van der Waals surface area contributed by atoms with Gasteiger partial charge in [-0.15, -0.1) is 0 Å². The number of oxime groups is 1. The van der Waals surface area contributed by atoms with Crippen LogP contribution in [0.4, 0.5) is 0 Å². The summed E-state index contributed by atoms with van der Waals surface area (Å²) in [6.45, 7) is 18.0. The van der Waals surface area contributed by atoms with Crippen molar-refractivity contribution < 1.29 is 23.8 Å². The lowest BCUT2D eigenvalue weighted by Gasteiger charge is -2.39. The summed E-state index contributed by atoms with van der Waals surface area (Å²) in [4.78, 5) is 17.9. The number of fused-ring (bicyclic) bond motifs is 2. The second kappa shape index (κ2) is 14.6. The van der Waals surface area contributed by atoms with Gasteiger partial charge in [-0.05, 0) is 88.2 Å². The lowest BCUT2D eigenvalue weighted by molar-refractivity contribution is -0.162. The standard InChI is InChI=1S/C36H57NO5/c1-23(2)13-9-14-24(3)15-10-16-25(4)17-11-20-36(8)21-19-29-31(32-30-18-12-22-39-35(30)42-37-32)34(40-28(7)38)27(6)26(5)33(29)41-36/h23-25,30,35H,9-22H2,1-8H3/t24?,25?,30-,35+,36?/m0/s1. The third kappa shape index (κ3) is 8.09. The van der Waals surface area contributed by atoms with Crippen LogP contribution in [0, 0.1) is 37.5 Å². The van der Waals surface area contributed by atoms with Gasteiger partial charge in [0, 0.05) is 18.1 Å². The highest BCUT2D eigenvalue weighted by Crippen LogP contribution is 2.48. The molecule has 3 unspecified atom stereocenters. The minimum Gasteiger partial charge on any atom is -0.487 e. The molecule has 1 aromatic carbocycles. The Morgan fingerprint density at radius 1 is 1.00 bits per heavy atom. The Hall–Kier alpha value is -2.08. The van der Waals surface area contributed by atoms with Gasteiger partial charge in [0.25, 0.3) is 0 Å². The van der Waals surface area contributed by atoms with Gasteiger partial charge in [-0.3, -0.25) is 4.79 Å². The topological polar surface area (TPSA) is 66.4 Å². The van der Waals surface area contributed by atoms with E-state index in [0.29, 0.717) is 12.4 Å². The van der Waals surface area contributed by atoms with E-state index in [-0.39, 0.29) is 23.8 Å². The number of carbonyl (C=O) groups excluding carboxylic acids is 1. The van der Waals surface area contributed by atoms with Crippen LogP contribution in [0.25, 0.3) is 0 Å². The normalized spacial score (nSPS) is 24.7. The summed E-state index contributed by atoms with van der Waals surface area (Å²) in [5.74, 6) is 3.67. The lowest BCUT2D eigenvalue weighted by Crippen LogP contribution is -2.38. The molecule has 0 aliphatic carbocycles. The molecule has 6 heteroatoms. The Morgan fingerprint density at radius 2 is 1.67 bits per heavy atom. The molecule has 4 rings (SSSR count). The van der Waals surface area contributed by atoms with E-state index in [9.17, 15) is 4.79 Å². The van der Waals surface area contributed by atoms with Crippen molar-refractivity contribution in [1.29, 1.82) is 0 Å². The highest BCUT2D eigenvalue weighted by molar-refractivity contribution is 6.08. The first kappa shape index (κ1) is 32.8. The van der Waals surface area contributed by atoms with Gasteiger partial charge in [-0.2, -0.15) is 0 Å². The van der Waals surface area contributed by atoms with E-state index in [1.165, 1.54) is 58.3 Å². The van der Waals surface area contributed by atoms with Crippen molar-refractivity contribution in [2.75, 3.05) is 6.61 Å². The summed E-state index contributed by atoms with van der Waals surface area (Å²) in [5.41, 5.74) is 4.58. The van der Waals surface area contributed by atoms with Gasteiger partial charge in [0.1, 0.15) is 22.8 Å². The third-order valence-electron chi connectivity index (χ3n) is 9.95. The molecule has 0 saturated carbocycles. The zero-order valence-electron chi connectivity index (χ0n) is 27.8. The van der Waals surface area contributed by atoms with E-state index in [2.05, 4.69) is 46.7 Å². The Bertz CT molecular complexity index is 1110. The quantitative estimate of drug-likeness (QED) is 0.161. The van der Waals surface area contributed by atoms with Gasteiger partial charge in [0.15, 0.2) is 0 Å². The van der Waals surface area contributed by atoms with Gasteiger partial charge in [0.2, 0.25) is 6.29 Å². The molecule has 1 saturated heterocycles. The maximum absolute atomic E-state index is 12.2. The highest BCUT2D eigenvalue weighted by atomic mass is 16.8. The van der Waals surface area contributed by atoms with Crippen LogP contribution in [0.1, 0.15) is 141 Å². The van der Waals surface area contributed by atoms with Gasteiger partial charge >= 0.3 is 5.97 Å². The van der Waals surface area contributed by atoms with Gasteiger partial charge in [-0.25, -0.2) is 0 Å². The van der Waals surface area contributed by atoms with Crippen LogP contribution in [0.15, 0.2) is 5.16 Å². The smallest absolute Gasteiger partial charge is 0.308 e. The molecule has 1 fully saturated rings. The molecule has 3 heterocycles. The van der Waals surface area contributed by atoms with Crippen molar-refractivity contribution in [3.63, 3.8) is 0 Å². The summed E-state index contributed by atoms with van der Waals surface area (Å²) in [6.07, 6.45) is 14.9. The molecule has 0 amide bonds. The highest BCUT2D eigenvalue weighted by Gasteiger charge is 2.43. The van der Waals surface area contributed by atoms with E-state index in [1.54, 1.807) is 0 Å². The predicted molar refractivity (Wildman–Crippen MR) is 169 cm³/mol. The fraction of sp³-hybridized carbons (Fsp3) is 0.778. The zero-order chi connectivity index (χ0) is 30.4. The molecule has 0 spiro atoms. The molecule has 1 aromatic rings. The molecule has 42 heavy (non-hydrogen) atoms. The molecule has 0 N–H and O–H groups in total. The molecule has 0 radical (unpaired) electrons. The van der Waals surface area contributed by atoms with Crippen molar-refractivity contribution in [3.8, 4) is 11.5 Å². The molecular formula is C36H57NO5. The van der Waals surface area contributed by atoms with E-state index in [0.717, 1.165) is 83.6 Å². The fourth-order valence-electron chi connectivity index (χ4n) is 7.12. The van der Waals surface area contributed by atoms with Crippen molar-refractivity contribution in [3.05, 3.63) is 22.3 Å².